The summed E-state index contributed by atoms with van der Waals surface area (Å²) in [7, 11) is 3.47. The lowest BCUT2D eigenvalue weighted by Gasteiger charge is -2.35. The summed E-state index contributed by atoms with van der Waals surface area (Å²) in [5, 5.41) is 3.40. The fraction of sp³-hybridized carbons (Fsp3) is 0.556. The van der Waals surface area contributed by atoms with Gasteiger partial charge < -0.3 is 19.9 Å². The molecular weight excluding hydrogens is 306 g/mol. The number of ether oxygens (including phenoxy) is 1. The molecule has 1 heterocycles. The van der Waals surface area contributed by atoms with Crippen molar-refractivity contribution >= 4 is 12.0 Å². The molecule has 1 N–H and O–H groups in total. The van der Waals surface area contributed by atoms with E-state index in [2.05, 4.69) is 5.32 Å². The number of hydrogen-bond donors (Lipinski definition) is 1. The highest BCUT2D eigenvalue weighted by atomic mass is 16.6. The van der Waals surface area contributed by atoms with E-state index < -0.39 is 5.60 Å². The number of carbonyl (C=O) groups is 2. The van der Waals surface area contributed by atoms with Gasteiger partial charge >= 0.3 is 6.09 Å². The molecule has 1 fully saturated rings. The van der Waals surface area contributed by atoms with E-state index in [4.69, 9.17) is 4.74 Å². The van der Waals surface area contributed by atoms with E-state index in [9.17, 15) is 9.59 Å². The lowest BCUT2D eigenvalue weighted by molar-refractivity contribution is 0.0195. The van der Waals surface area contributed by atoms with Gasteiger partial charge in [-0.05, 0) is 38.5 Å². The average Bonchev–Trinajstić information content (AvgIpc) is 2.52. The predicted molar refractivity (Wildman–Crippen MR) is 93.0 cm³/mol. The Morgan fingerprint density at radius 3 is 2.62 bits per heavy atom. The highest BCUT2D eigenvalue weighted by Crippen LogP contribution is 2.20. The maximum absolute atomic E-state index is 12.3. The van der Waals surface area contributed by atoms with Crippen LogP contribution in [-0.4, -0.2) is 61.1 Å². The summed E-state index contributed by atoms with van der Waals surface area (Å²) in [6, 6.07) is 7.53. The maximum atomic E-state index is 12.3. The SMILES string of the molecule is CN(C)C(=O)c1cccc([C@H]2CN(C(=O)OC(C)(C)C)CCN2)c1. The smallest absolute Gasteiger partial charge is 0.410 e. The minimum absolute atomic E-state index is 0.0128. The molecule has 0 aromatic heterocycles. The number of rotatable bonds is 2. The molecule has 1 aliphatic heterocycles. The van der Waals surface area contributed by atoms with Crippen LogP contribution in [0.1, 0.15) is 42.7 Å². The highest BCUT2D eigenvalue weighted by Gasteiger charge is 2.28. The molecular formula is C18H27N3O3. The Kier molecular flexibility index (Phi) is 5.49. The van der Waals surface area contributed by atoms with Gasteiger partial charge in [0, 0.05) is 39.3 Å². The first-order chi connectivity index (χ1) is 11.2. The Labute approximate surface area is 143 Å². The average molecular weight is 333 g/mol. The summed E-state index contributed by atoms with van der Waals surface area (Å²) in [5.41, 5.74) is 1.14. The lowest BCUT2D eigenvalue weighted by Crippen LogP contribution is -2.49. The maximum Gasteiger partial charge on any atom is 0.410 e. The molecule has 2 rings (SSSR count). The zero-order valence-corrected chi connectivity index (χ0v) is 15.1. The number of hydrogen-bond acceptors (Lipinski definition) is 4. The summed E-state index contributed by atoms with van der Waals surface area (Å²) in [6.45, 7) is 7.41. The molecule has 0 radical (unpaired) electrons. The number of amides is 2. The first kappa shape index (κ1) is 18.3. The Hall–Kier alpha value is -2.08. The monoisotopic (exact) mass is 333 g/mol. The van der Waals surface area contributed by atoms with E-state index in [-0.39, 0.29) is 18.0 Å². The second-order valence-electron chi connectivity index (χ2n) is 7.26. The van der Waals surface area contributed by atoms with Crippen molar-refractivity contribution in [3.8, 4) is 0 Å². The van der Waals surface area contributed by atoms with Crippen molar-refractivity contribution in [3.63, 3.8) is 0 Å². The summed E-state index contributed by atoms with van der Waals surface area (Å²) in [6.07, 6.45) is -0.297. The van der Waals surface area contributed by atoms with Crippen LogP contribution >= 0.6 is 0 Å². The third-order valence-corrected chi connectivity index (χ3v) is 3.77. The molecule has 1 aliphatic rings. The van der Waals surface area contributed by atoms with Gasteiger partial charge in [0.05, 0.1) is 6.04 Å². The van der Waals surface area contributed by atoms with Gasteiger partial charge in [-0.25, -0.2) is 4.79 Å². The molecule has 6 nitrogen and oxygen atoms in total. The minimum atomic E-state index is -0.504. The van der Waals surface area contributed by atoms with Gasteiger partial charge in [0.25, 0.3) is 5.91 Å². The zero-order valence-electron chi connectivity index (χ0n) is 15.1. The van der Waals surface area contributed by atoms with Crippen molar-refractivity contribution in [2.45, 2.75) is 32.4 Å². The van der Waals surface area contributed by atoms with Crippen LogP contribution in [0.25, 0.3) is 0 Å². The first-order valence-electron chi connectivity index (χ1n) is 8.20. The van der Waals surface area contributed by atoms with E-state index >= 15 is 0 Å². The van der Waals surface area contributed by atoms with Gasteiger partial charge in [0.1, 0.15) is 5.60 Å². The highest BCUT2D eigenvalue weighted by molar-refractivity contribution is 5.94. The zero-order chi connectivity index (χ0) is 17.9. The lowest BCUT2D eigenvalue weighted by atomic mass is 10.0. The Balaban J connectivity index is 2.11. The molecule has 0 saturated carbocycles. The van der Waals surface area contributed by atoms with E-state index in [0.717, 1.165) is 5.56 Å². The van der Waals surface area contributed by atoms with Gasteiger partial charge in [-0.2, -0.15) is 0 Å². The van der Waals surface area contributed by atoms with Crippen molar-refractivity contribution in [3.05, 3.63) is 35.4 Å². The fourth-order valence-corrected chi connectivity index (χ4v) is 2.61. The van der Waals surface area contributed by atoms with E-state index in [1.165, 1.54) is 0 Å². The molecule has 0 aliphatic carbocycles. The molecule has 0 unspecified atom stereocenters. The molecule has 1 aromatic carbocycles. The van der Waals surface area contributed by atoms with E-state index in [1.807, 2.05) is 39.0 Å². The van der Waals surface area contributed by atoms with Crippen LogP contribution in [-0.2, 0) is 4.74 Å². The Morgan fingerprint density at radius 2 is 2.00 bits per heavy atom. The topological polar surface area (TPSA) is 61.9 Å². The summed E-state index contributed by atoms with van der Waals surface area (Å²) < 4.78 is 5.45. The van der Waals surface area contributed by atoms with Crippen LogP contribution in [0.3, 0.4) is 0 Å². The van der Waals surface area contributed by atoms with Crippen molar-refractivity contribution in [1.82, 2.24) is 15.1 Å². The summed E-state index contributed by atoms with van der Waals surface area (Å²) in [5.74, 6) is -0.0309. The van der Waals surface area contributed by atoms with Crippen LogP contribution < -0.4 is 5.32 Å². The van der Waals surface area contributed by atoms with E-state index in [0.29, 0.717) is 25.2 Å². The van der Waals surface area contributed by atoms with Crippen LogP contribution in [0.4, 0.5) is 4.79 Å². The molecule has 6 heteroatoms. The van der Waals surface area contributed by atoms with Crippen molar-refractivity contribution < 1.29 is 14.3 Å². The number of nitrogens with one attached hydrogen (secondary N) is 1. The number of piperazine rings is 1. The molecule has 1 aromatic rings. The number of nitrogens with zero attached hydrogens (tertiary/aromatic N) is 2. The predicted octanol–water partition coefficient (Wildman–Crippen LogP) is 2.27. The number of benzene rings is 1. The molecule has 132 valence electrons. The van der Waals surface area contributed by atoms with Gasteiger partial charge in [0.15, 0.2) is 0 Å². The second-order valence-corrected chi connectivity index (χ2v) is 7.26. The molecule has 1 atom stereocenters. The van der Waals surface area contributed by atoms with Gasteiger partial charge in [-0.3, -0.25) is 4.79 Å². The molecule has 0 spiro atoms. The van der Waals surface area contributed by atoms with Crippen LogP contribution in [0, 0.1) is 0 Å². The Morgan fingerprint density at radius 1 is 1.29 bits per heavy atom. The molecule has 1 saturated heterocycles. The van der Waals surface area contributed by atoms with Crippen molar-refractivity contribution in [2.75, 3.05) is 33.7 Å². The second kappa shape index (κ2) is 7.21. The first-order valence-corrected chi connectivity index (χ1v) is 8.20. The van der Waals surface area contributed by atoms with Crippen molar-refractivity contribution in [1.29, 1.82) is 0 Å². The molecule has 2 amide bonds. The normalized spacial score (nSPS) is 18.2. The van der Waals surface area contributed by atoms with Crippen LogP contribution in [0.15, 0.2) is 24.3 Å². The standard InChI is InChI=1S/C18H27N3O3/c1-18(2,3)24-17(23)21-10-9-19-15(12-21)13-7-6-8-14(11-13)16(22)20(4)5/h6-8,11,15,19H,9-10,12H2,1-5H3/t15-/m1/s1. The van der Waals surface area contributed by atoms with E-state index in [1.54, 1.807) is 30.0 Å². The minimum Gasteiger partial charge on any atom is -0.444 e. The Bertz CT molecular complexity index is 608. The third kappa shape index (κ3) is 4.71. The third-order valence-electron chi connectivity index (χ3n) is 3.77. The quantitative estimate of drug-likeness (QED) is 0.902. The van der Waals surface area contributed by atoms with Gasteiger partial charge in [-0.1, -0.05) is 12.1 Å². The van der Waals surface area contributed by atoms with Gasteiger partial charge in [-0.15, -0.1) is 0 Å². The van der Waals surface area contributed by atoms with Crippen molar-refractivity contribution in [2.24, 2.45) is 0 Å². The summed E-state index contributed by atoms with van der Waals surface area (Å²) in [4.78, 5) is 27.7. The fourth-order valence-electron chi connectivity index (χ4n) is 2.61. The van der Waals surface area contributed by atoms with Crippen LogP contribution in [0.2, 0.25) is 0 Å². The molecule has 24 heavy (non-hydrogen) atoms. The molecule has 0 bridgehead atoms. The van der Waals surface area contributed by atoms with Gasteiger partial charge in [0.2, 0.25) is 0 Å². The summed E-state index contributed by atoms with van der Waals surface area (Å²) >= 11 is 0. The van der Waals surface area contributed by atoms with Crippen LogP contribution in [0.5, 0.6) is 0 Å². The largest absolute Gasteiger partial charge is 0.444 e. The number of carbonyl (C=O) groups excluding carboxylic acids is 2.